The van der Waals surface area contributed by atoms with Crippen LogP contribution in [0.5, 0.6) is 0 Å². The summed E-state index contributed by atoms with van der Waals surface area (Å²) in [6.45, 7) is 0. The van der Waals surface area contributed by atoms with Crippen molar-refractivity contribution in [3.05, 3.63) is 34.3 Å². The van der Waals surface area contributed by atoms with Gasteiger partial charge in [0, 0.05) is 10.0 Å². The summed E-state index contributed by atoms with van der Waals surface area (Å²) in [5, 5.41) is 12.2. The Morgan fingerprint density at radius 3 is 1.43 bits per heavy atom. The van der Waals surface area contributed by atoms with Gasteiger partial charge in [-0.25, -0.2) is 20.4 Å². The first-order valence-corrected chi connectivity index (χ1v) is 3.86. The predicted molar refractivity (Wildman–Crippen MR) is 53.3 cm³/mol. The lowest BCUT2D eigenvalue weighted by atomic mass is 10.4. The third-order valence-corrected chi connectivity index (χ3v) is 1.26. The zero-order valence-corrected chi connectivity index (χ0v) is 8.39. The molecule has 0 aromatic heterocycles. The molecule has 0 bridgehead atoms. The quantitative estimate of drug-likeness (QED) is 0.533. The van der Waals surface area contributed by atoms with E-state index in [2.05, 4.69) is 0 Å². The second-order valence-corrected chi connectivity index (χ2v) is 2.52. The standard InChI is InChI=1S/C6H4Cl2.2CHNO/c7-5-2-1-3-6(8)4-5;2*2-1-3/h1-4H;2*2H. The van der Waals surface area contributed by atoms with Crippen molar-refractivity contribution in [2.45, 2.75) is 0 Å². The van der Waals surface area contributed by atoms with E-state index in [1.807, 2.05) is 6.07 Å². The molecule has 0 aliphatic rings. The maximum atomic E-state index is 8.35. The number of hydrogen-bond acceptors (Lipinski definition) is 4. The van der Waals surface area contributed by atoms with Crippen LogP contribution < -0.4 is 0 Å². The van der Waals surface area contributed by atoms with Crippen LogP contribution in [-0.4, -0.2) is 12.2 Å². The first-order valence-electron chi connectivity index (χ1n) is 3.11. The summed E-state index contributed by atoms with van der Waals surface area (Å²) in [5.74, 6) is 0. The van der Waals surface area contributed by atoms with E-state index in [1.54, 1.807) is 18.2 Å². The first-order chi connectivity index (χ1) is 6.62. The molecule has 0 heterocycles. The van der Waals surface area contributed by atoms with Gasteiger partial charge in [0.1, 0.15) is 0 Å². The zero-order chi connectivity index (χ0) is 11.4. The molecule has 0 spiro atoms. The maximum absolute atomic E-state index is 8.35. The number of isocyanates is 2. The molecule has 1 aromatic carbocycles. The van der Waals surface area contributed by atoms with Gasteiger partial charge in [0.25, 0.3) is 0 Å². The van der Waals surface area contributed by atoms with Crippen LogP contribution in [0, 0.1) is 10.8 Å². The van der Waals surface area contributed by atoms with Gasteiger partial charge in [0.2, 0.25) is 12.2 Å². The number of halogens is 2. The fourth-order valence-electron chi connectivity index (χ4n) is 0.460. The monoisotopic (exact) mass is 232 g/mol. The van der Waals surface area contributed by atoms with Crippen LogP contribution in [0.15, 0.2) is 24.3 Å². The highest BCUT2D eigenvalue weighted by atomic mass is 35.5. The zero-order valence-electron chi connectivity index (χ0n) is 6.88. The Kier molecular flexibility index (Phi) is 12.4. The lowest BCUT2D eigenvalue weighted by molar-refractivity contribution is 0.562. The van der Waals surface area contributed by atoms with Crippen molar-refractivity contribution in [1.29, 1.82) is 10.8 Å². The number of benzene rings is 1. The summed E-state index contributed by atoms with van der Waals surface area (Å²) in [5.41, 5.74) is 0. The van der Waals surface area contributed by atoms with Gasteiger partial charge in [-0.2, -0.15) is 0 Å². The van der Waals surface area contributed by atoms with Crippen molar-refractivity contribution in [3.8, 4) is 0 Å². The van der Waals surface area contributed by atoms with Gasteiger partial charge in [-0.15, -0.1) is 0 Å². The summed E-state index contributed by atoms with van der Waals surface area (Å²) in [6, 6.07) is 7.08. The van der Waals surface area contributed by atoms with Crippen LogP contribution in [0.1, 0.15) is 0 Å². The van der Waals surface area contributed by atoms with Gasteiger partial charge in [0.05, 0.1) is 0 Å². The van der Waals surface area contributed by atoms with Crippen molar-refractivity contribution < 1.29 is 9.59 Å². The molecule has 0 saturated carbocycles. The van der Waals surface area contributed by atoms with E-state index in [1.165, 1.54) is 0 Å². The molecular formula is C8H6Cl2N2O2. The summed E-state index contributed by atoms with van der Waals surface area (Å²) in [4.78, 5) is 16.7. The number of rotatable bonds is 0. The van der Waals surface area contributed by atoms with Gasteiger partial charge in [-0.1, -0.05) is 29.3 Å². The minimum atomic E-state index is 0.678. The van der Waals surface area contributed by atoms with Crippen LogP contribution in [0.3, 0.4) is 0 Å². The minimum Gasteiger partial charge on any atom is -0.222 e. The van der Waals surface area contributed by atoms with E-state index in [-0.39, 0.29) is 0 Å². The van der Waals surface area contributed by atoms with Crippen LogP contribution in [0.25, 0.3) is 0 Å². The third-order valence-electron chi connectivity index (χ3n) is 0.787. The normalized spacial score (nSPS) is 6.43. The molecule has 0 atom stereocenters. The lowest BCUT2D eigenvalue weighted by Crippen LogP contribution is -1.61. The molecule has 14 heavy (non-hydrogen) atoms. The molecule has 0 saturated heterocycles. The Hall–Kier alpha value is -1.44. The summed E-state index contributed by atoms with van der Waals surface area (Å²) in [6.07, 6.45) is 1.50. The highest BCUT2D eigenvalue weighted by Gasteiger charge is 1.84. The van der Waals surface area contributed by atoms with Crippen LogP contribution >= 0.6 is 23.2 Å². The molecule has 0 radical (unpaired) electrons. The van der Waals surface area contributed by atoms with Gasteiger partial charge < -0.3 is 0 Å². The minimum absolute atomic E-state index is 0.678. The fraction of sp³-hybridized carbons (Fsp3) is 0. The fourth-order valence-corrected chi connectivity index (χ4v) is 0.896. The maximum Gasteiger partial charge on any atom is 0.231 e. The predicted octanol–water partition coefficient (Wildman–Crippen LogP) is 2.80. The highest BCUT2D eigenvalue weighted by molar-refractivity contribution is 6.34. The van der Waals surface area contributed by atoms with Crippen molar-refractivity contribution in [2.24, 2.45) is 0 Å². The van der Waals surface area contributed by atoms with Crippen molar-refractivity contribution in [1.82, 2.24) is 0 Å². The number of hydrogen-bond donors (Lipinski definition) is 2. The van der Waals surface area contributed by atoms with Gasteiger partial charge in [-0.05, 0) is 18.2 Å². The van der Waals surface area contributed by atoms with E-state index >= 15 is 0 Å². The highest BCUT2D eigenvalue weighted by Crippen LogP contribution is 2.13. The van der Waals surface area contributed by atoms with Crippen LogP contribution in [0.2, 0.25) is 10.0 Å². The number of carbonyl (C=O) groups excluding carboxylic acids is 2. The molecule has 1 aromatic rings. The third kappa shape index (κ3) is 13.2. The Morgan fingerprint density at radius 1 is 1.00 bits per heavy atom. The molecule has 6 heteroatoms. The van der Waals surface area contributed by atoms with E-state index in [0.717, 1.165) is 12.2 Å². The Labute approximate surface area is 90.5 Å². The molecule has 0 aliphatic carbocycles. The Bertz CT molecular complexity index is 301. The van der Waals surface area contributed by atoms with E-state index < -0.39 is 0 Å². The molecule has 4 nitrogen and oxygen atoms in total. The summed E-state index contributed by atoms with van der Waals surface area (Å²) < 4.78 is 0. The Balaban J connectivity index is 0. The topological polar surface area (TPSA) is 81.8 Å². The second-order valence-electron chi connectivity index (χ2n) is 1.64. The average Bonchev–Trinajstić information content (AvgIpc) is 2.06. The Morgan fingerprint density at radius 2 is 1.29 bits per heavy atom. The molecule has 0 unspecified atom stereocenters. The van der Waals surface area contributed by atoms with Gasteiger partial charge >= 0.3 is 0 Å². The molecule has 74 valence electrons. The van der Waals surface area contributed by atoms with Crippen molar-refractivity contribution in [2.75, 3.05) is 0 Å². The second kappa shape index (κ2) is 11.6. The lowest BCUT2D eigenvalue weighted by Gasteiger charge is -1.86. The van der Waals surface area contributed by atoms with E-state index in [9.17, 15) is 0 Å². The van der Waals surface area contributed by atoms with Crippen molar-refractivity contribution >= 4 is 35.4 Å². The first kappa shape index (κ1) is 15.1. The largest absolute Gasteiger partial charge is 0.231 e. The molecule has 1 rings (SSSR count). The smallest absolute Gasteiger partial charge is 0.222 e. The molecule has 2 N–H and O–H groups in total. The van der Waals surface area contributed by atoms with Gasteiger partial charge in [-0.3, -0.25) is 0 Å². The van der Waals surface area contributed by atoms with E-state index in [0.29, 0.717) is 10.0 Å². The van der Waals surface area contributed by atoms with Crippen LogP contribution in [-0.2, 0) is 9.59 Å². The summed E-state index contributed by atoms with van der Waals surface area (Å²) >= 11 is 11.1. The molecule has 0 fully saturated rings. The van der Waals surface area contributed by atoms with Crippen molar-refractivity contribution in [3.63, 3.8) is 0 Å². The van der Waals surface area contributed by atoms with Crippen LogP contribution in [0.4, 0.5) is 0 Å². The molecule has 0 aliphatic heterocycles. The van der Waals surface area contributed by atoms with Gasteiger partial charge in [0.15, 0.2) is 0 Å². The molecule has 0 amide bonds. The molecular weight excluding hydrogens is 227 g/mol. The average molecular weight is 233 g/mol. The SMILES string of the molecule is Clc1cccc(Cl)c1.N=C=O.N=C=O. The summed E-state index contributed by atoms with van der Waals surface area (Å²) in [7, 11) is 0. The number of nitrogens with one attached hydrogen (secondary N) is 2. The van der Waals surface area contributed by atoms with E-state index in [4.69, 9.17) is 43.6 Å².